The molecule has 2 aromatic carbocycles. The van der Waals surface area contributed by atoms with E-state index >= 15 is 0 Å². The van der Waals surface area contributed by atoms with E-state index in [1.54, 1.807) is 0 Å². The second-order valence-electron chi connectivity index (χ2n) is 5.22. The number of carboxylic acids is 1. The predicted molar refractivity (Wildman–Crippen MR) is 81.2 cm³/mol. The molecule has 110 valence electrons. The van der Waals surface area contributed by atoms with E-state index in [4.69, 9.17) is 5.11 Å². The highest BCUT2D eigenvalue weighted by atomic mass is 19.1. The van der Waals surface area contributed by atoms with Gasteiger partial charge in [-0.05, 0) is 29.2 Å². The Bertz CT molecular complexity index is 636. The maximum atomic E-state index is 13.8. The van der Waals surface area contributed by atoms with Crippen LogP contribution in [0.2, 0.25) is 0 Å². The van der Waals surface area contributed by atoms with Crippen molar-refractivity contribution in [1.29, 1.82) is 0 Å². The Balaban J connectivity index is 2.15. The fraction of sp³-hybridized carbons (Fsp3) is 0.235. The first kappa shape index (κ1) is 15.0. The average Bonchev–Trinajstić information content (AvgIpc) is 2.46. The lowest BCUT2D eigenvalue weighted by Gasteiger charge is -2.11. The molecule has 0 radical (unpaired) electrons. The van der Waals surface area contributed by atoms with Crippen LogP contribution in [0.4, 0.5) is 10.1 Å². The van der Waals surface area contributed by atoms with Crippen LogP contribution in [0.1, 0.15) is 41.3 Å². The Morgan fingerprint density at radius 3 is 2.43 bits per heavy atom. The van der Waals surface area contributed by atoms with Gasteiger partial charge < -0.3 is 10.4 Å². The number of rotatable bonds is 5. The standard InChI is InChI=1S/C17H18FNO2/c1-11(2)13-8-6-12(7-9-13)10-19-16-14(17(20)21)4-3-5-15(16)18/h3-9,11,19H,10H2,1-2H3,(H,20,21). The lowest BCUT2D eigenvalue weighted by molar-refractivity contribution is 0.0697. The second-order valence-corrected chi connectivity index (χ2v) is 5.22. The molecular formula is C17H18FNO2. The van der Waals surface area contributed by atoms with E-state index in [2.05, 4.69) is 19.2 Å². The van der Waals surface area contributed by atoms with Gasteiger partial charge in [0.05, 0.1) is 11.3 Å². The van der Waals surface area contributed by atoms with Gasteiger partial charge in [0.15, 0.2) is 0 Å². The molecule has 0 saturated carbocycles. The highest BCUT2D eigenvalue weighted by Crippen LogP contribution is 2.21. The van der Waals surface area contributed by atoms with E-state index in [1.807, 2.05) is 24.3 Å². The first-order chi connectivity index (χ1) is 9.99. The van der Waals surface area contributed by atoms with Crippen LogP contribution >= 0.6 is 0 Å². The molecular weight excluding hydrogens is 269 g/mol. The van der Waals surface area contributed by atoms with Gasteiger partial charge in [-0.2, -0.15) is 0 Å². The van der Waals surface area contributed by atoms with Gasteiger partial charge in [-0.3, -0.25) is 0 Å². The van der Waals surface area contributed by atoms with Crippen LogP contribution in [0.25, 0.3) is 0 Å². The van der Waals surface area contributed by atoms with E-state index in [0.29, 0.717) is 12.5 Å². The SMILES string of the molecule is CC(C)c1ccc(CNc2c(F)cccc2C(=O)O)cc1. The molecule has 2 rings (SSSR count). The minimum atomic E-state index is -1.15. The number of nitrogens with one attached hydrogen (secondary N) is 1. The molecule has 0 aliphatic rings. The highest BCUT2D eigenvalue weighted by Gasteiger charge is 2.13. The third-order valence-electron chi connectivity index (χ3n) is 3.36. The van der Waals surface area contributed by atoms with Crippen molar-refractivity contribution in [3.63, 3.8) is 0 Å². The van der Waals surface area contributed by atoms with Gasteiger partial charge in [0, 0.05) is 6.54 Å². The van der Waals surface area contributed by atoms with Crippen molar-refractivity contribution in [2.24, 2.45) is 0 Å². The predicted octanol–water partition coefficient (Wildman–Crippen LogP) is 4.26. The molecule has 0 heterocycles. The monoisotopic (exact) mass is 287 g/mol. The number of halogens is 1. The molecule has 0 saturated heterocycles. The Morgan fingerprint density at radius 2 is 1.86 bits per heavy atom. The summed E-state index contributed by atoms with van der Waals surface area (Å²) in [5.41, 5.74) is 2.17. The smallest absolute Gasteiger partial charge is 0.337 e. The molecule has 0 bridgehead atoms. The van der Waals surface area contributed by atoms with Crippen LogP contribution in [0.5, 0.6) is 0 Å². The molecule has 4 heteroatoms. The molecule has 0 amide bonds. The van der Waals surface area contributed by atoms with Gasteiger partial charge in [-0.25, -0.2) is 9.18 Å². The van der Waals surface area contributed by atoms with Crippen molar-refractivity contribution >= 4 is 11.7 Å². The molecule has 0 aromatic heterocycles. The van der Waals surface area contributed by atoms with Crippen LogP contribution in [0.3, 0.4) is 0 Å². The van der Waals surface area contributed by atoms with Crippen molar-refractivity contribution < 1.29 is 14.3 Å². The first-order valence-corrected chi connectivity index (χ1v) is 6.83. The zero-order valence-corrected chi connectivity index (χ0v) is 12.1. The van der Waals surface area contributed by atoms with Gasteiger partial charge in [0.1, 0.15) is 5.82 Å². The minimum Gasteiger partial charge on any atom is -0.478 e. The van der Waals surface area contributed by atoms with Crippen molar-refractivity contribution in [2.45, 2.75) is 26.3 Å². The normalized spacial score (nSPS) is 10.7. The molecule has 2 N–H and O–H groups in total. The van der Waals surface area contributed by atoms with E-state index in [-0.39, 0.29) is 11.3 Å². The van der Waals surface area contributed by atoms with Crippen LogP contribution in [0, 0.1) is 5.82 Å². The summed E-state index contributed by atoms with van der Waals surface area (Å²) in [4.78, 5) is 11.1. The molecule has 0 atom stereocenters. The fourth-order valence-corrected chi connectivity index (χ4v) is 2.09. The molecule has 0 aliphatic heterocycles. The topological polar surface area (TPSA) is 49.3 Å². The number of hydrogen-bond acceptors (Lipinski definition) is 2. The number of para-hydroxylation sites is 1. The number of hydrogen-bond donors (Lipinski definition) is 2. The number of carbonyl (C=O) groups is 1. The van der Waals surface area contributed by atoms with Crippen LogP contribution < -0.4 is 5.32 Å². The summed E-state index contributed by atoms with van der Waals surface area (Å²) >= 11 is 0. The summed E-state index contributed by atoms with van der Waals surface area (Å²) in [5, 5.41) is 12.0. The maximum absolute atomic E-state index is 13.8. The summed E-state index contributed by atoms with van der Waals surface area (Å²) in [6.07, 6.45) is 0. The van der Waals surface area contributed by atoms with Gasteiger partial charge in [-0.15, -0.1) is 0 Å². The molecule has 0 unspecified atom stereocenters. The van der Waals surface area contributed by atoms with E-state index in [0.717, 1.165) is 5.56 Å². The Hall–Kier alpha value is -2.36. The van der Waals surface area contributed by atoms with Gasteiger partial charge in [0.2, 0.25) is 0 Å². The van der Waals surface area contributed by atoms with E-state index in [9.17, 15) is 9.18 Å². The second kappa shape index (κ2) is 6.39. The summed E-state index contributed by atoms with van der Waals surface area (Å²) < 4.78 is 13.8. The largest absolute Gasteiger partial charge is 0.478 e. The minimum absolute atomic E-state index is 0.0259. The Kier molecular flexibility index (Phi) is 4.58. The number of aromatic carboxylic acids is 1. The summed E-state index contributed by atoms with van der Waals surface area (Å²) in [6.45, 7) is 4.61. The number of anilines is 1. The molecule has 0 fully saturated rings. The van der Waals surface area contributed by atoms with Crippen molar-refractivity contribution in [2.75, 3.05) is 5.32 Å². The molecule has 2 aromatic rings. The zero-order valence-electron chi connectivity index (χ0n) is 12.1. The van der Waals surface area contributed by atoms with Crippen LogP contribution in [-0.4, -0.2) is 11.1 Å². The highest BCUT2D eigenvalue weighted by molar-refractivity contribution is 5.94. The molecule has 21 heavy (non-hydrogen) atoms. The van der Waals surface area contributed by atoms with Crippen molar-refractivity contribution in [3.8, 4) is 0 Å². The van der Waals surface area contributed by atoms with E-state index in [1.165, 1.54) is 23.8 Å². The number of benzene rings is 2. The van der Waals surface area contributed by atoms with Crippen LogP contribution in [-0.2, 0) is 6.54 Å². The van der Waals surface area contributed by atoms with Crippen molar-refractivity contribution in [3.05, 3.63) is 65.0 Å². The summed E-state index contributed by atoms with van der Waals surface area (Å²) in [6, 6.07) is 12.0. The van der Waals surface area contributed by atoms with Crippen molar-refractivity contribution in [1.82, 2.24) is 0 Å². The molecule has 3 nitrogen and oxygen atoms in total. The third-order valence-corrected chi connectivity index (χ3v) is 3.36. The molecule has 0 spiro atoms. The lowest BCUT2D eigenvalue weighted by Crippen LogP contribution is -2.08. The third kappa shape index (κ3) is 3.60. The van der Waals surface area contributed by atoms with Gasteiger partial charge in [0.25, 0.3) is 0 Å². The van der Waals surface area contributed by atoms with Gasteiger partial charge >= 0.3 is 5.97 Å². The summed E-state index contributed by atoms with van der Waals surface area (Å²) in [5.74, 6) is -1.25. The first-order valence-electron chi connectivity index (χ1n) is 6.83. The lowest BCUT2D eigenvalue weighted by atomic mass is 10.0. The quantitative estimate of drug-likeness (QED) is 0.864. The Labute approximate surface area is 123 Å². The summed E-state index contributed by atoms with van der Waals surface area (Å²) in [7, 11) is 0. The zero-order chi connectivity index (χ0) is 15.4. The molecule has 0 aliphatic carbocycles. The van der Waals surface area contributed by atoms with Crippen LogP contribution in [0.15, 0.2) is 42.5 Å². The average molecular weight is 287 g/mol. The maximum Gasteiger partial charge on any atom is 0.337 e. The fourth-order valence-electron chi connectivity index (χ4n) is 2.09. The number of carboxylic acid groups (broad SMARTS) is 1. The Morgan fingerprint density at radius 1 is 1.19 bits per heavy atom. The van der Waals surface area contributed by atoms with Gasteiger partial charge in [-0.1, -0.05) is 44.2 Å². The van der Waals surface area contributed by atoms with E-state index < -0.39 is 11.8 Å².